The number of halogens is 1. The molecule has 0 unspecified atom stereocenters. The van der Waals surface area contributed by atoms with Gasteiger partial charge in [0.15, 0.2) is 0 Å². The van der Waals surface area contributed by atoms with Crippen molar-refractivity contribution in [3.63, 3.8) is 0 Å². The standard InChI is InChI=1S/C18H29N3O4S.ClH/c1-15-7-12-21(13-8-15)26(23,24)17-5-3-16(4-6-17)18(22)20-10-9-19-11-14-25-2;/h3-6,15,19H,7-14H2,1-2H3,(H,20,22);1H. The van der Waals surface area contributed by atoms with Gasteiger partial charge in [-0.2, -0.15) is 4.31 Å². The molecule has 2 N–H and O–H groups in total. The molecule has 0 aliphatic carbocycles. The van der Waals surface area contributed by atoms with Gasteiger partial charge in [0.1, 0.15) is 0 Å². The van der Waals surface area contributed by atoms with E-state index in [4.69, 9.17) is 4.74 Å². The number of nitrogens with one attached hydrogen (secondary N) is 2. The summed E-state index contributed by atoms with van der Waals surface area (Å²) in [6.07, 6.45) is 1.77. The molecule has 1 aromatic rings. The zero-order valence-corrected chi connectivity index (χ0v) is 17.6. The molecule has 1 aliphatic rings. The average Bonchev–Trinajstić information content (AvgIpc) is 2.65. The highest BCUT2D eigenvalue weighted by molar-refractivity contribution is 7.89. The largest absolute Gasteiger partial charge is 0.383 e. The molecule has 9 heteroatoms. The molecule has 7 nitrogen and oxygen atoms in total. The second-order valence-corrected chi connectivity index (χ2v) is 8.55. The Morgan fingerprint density at radius 2 is 1.78 bits per heavy atom. The van der Waals surface area contributed by atoms with Gasteiger partial charge in [-0.15, -0.1) is 12.4 Å². The van der Waals surface area contributed by atoms with E-state index in [1.165, 1.54) is 16.4 Å². The molecule has 0 radical (unpaired) electrons. The zero-order valence-electron chi connectivity index (χ0n) is 15.9. The molecule has 1 heterocycles. The molecule has 0 spiro atoms. The van der Waals surface area contributed by atoms with E-state index in [2.05, 4.69) is 17.6 Å². The topological polar surface area (TPSA) is 87.7 Å². The van der Waals surface area contributed by atoms with Crippen molar-refractivity contribution in [3.05, 3.63) is 29.8 Å². The van der Waals surface area contributed by atoms with Gasteiger partial charge >= 0.3 is 0 Å². The number of amides is 1. The van der Waals surface area contributed by atoms with Crippen LogP contribution in [0.5, 0.6) is 0 Å². The highest BCUT2D eigenvalue weighted by atomic mass is 35.5. The van der Waals surface area contributed by atoms with E-state index in [0.717, 1.165) is 19.4 Å². The van der Waals surface area contributed by atoms with Gasteiger partial charge in [0.05, 0.1) is 11.5 Å². The van der Waals surface area contributed by atoms with Crippen molar-refractivity contribution in [3.8, 4) is 0 Å². The lowest BCUT2D eigenvalue weighted by Crippen LogP contribution is -2.37. The third-order valence-corrected chi connectivity index (χ3v) is 6.48. The van der Waals surface area contributed by atoms with E-state index < -0.39 is 10.0 Å². The van der Waals surface area contributed by atoms with Crippen LogP contribution in [0.1, 0.15) is 30.1 Å². The minimum atomic E-state index is -3.48. The van der Waals surface area contributed by atoms with Gasteiger partial charge in [-0.1, -0.05) is 6.92 Å². The number of methoxy groups -OCH3 is 1. The Morgan fingerprint density at radius 3 is 2.37 bits per heavy atom. The molecular formula is C18H30ClN3O4S. The Labute approximate surface area is 168 Å². The van der Waals surface area contributed by atoms with Crippen LogP contribution in [0.3, 0.4) is 0 Å². The smallest absolute Gasteiger partial charge is 0.251 e. The van der Waals surface area contributed by atoms with Crippen molar-refractivity contribution >= 4 is 28.3 Å². The maximum atomic E-state index is 12.7. The number of hydrogen-bond donors (Lipinski definition) is 2. The third kappa shape index (κ3) is 7.04. The molecule has 0 bridgehead atoms. The monoisotopic (exact) mass is 419 g/mol. The van der Waals surface area contributed by atoms with E-state index in [1.54, 1.807) is 19.2 Å². The minimum Gasteiger partial charge on any atom is -0.383 e. The predicted molar refractivity (Wildman–Crippen MR) is 108 cm³/mol. The summed E-state index contributed by atoms with van der Waals surface area (Å²) in [7, 11) is -1.84. The van der Waals surface area contributed by atoms with Crippen molar-refractivity contribution in [1.29, 1.82) is 0 Å². The number of rotatable bonds is 9. The number of carbonyl (C=O) groups is 1. The quantitative estimate of drug-likeness (QED) is 0.592. The van der Waals surface area contributed by atoms with E-state index in [-0.39, 0.29) is 23.2 Å². The van der Waals surface area contributed by atoms with Crippen molar-refractivity contribution in [1.82, 2.24) is 14.9 Å². The van der Waals surface area contributed by atoms with Gasteiger partial charge < -0.3 is 15.4 Å². The van der Waals surface area contributed by atoms with Gasteiger partial charge in [-0.05, 0) is 43.0 Å². The summed E-state index contributed by atoms with van der Waals surface area (Å²) >= 11 is 0. The van der Waals surface area contributed by atoms with Gasteiger partial charge in [0, 0.05) is 45.4 Å². The van der Waals surface area contributed by atoms with Crippen molar-refractivity contribution in [2.45, 2.75) is 24.7 Å². The number of hydrogen-bond acceptors (Lipinski definition) is 5. The molecular weight excluding hydrogens is 390 g/mol. The van der Waals surface area contributed by atoms with Crippen LogP contribution in [0, 0.1) is 5.92 Å². The molecule has 1 aromatic carbocycles. The second kappa shape index (κ2) is 11.6. The molecule has 0 aromatic heterocycles. The summed E-state index contributed by atoms with van der Waals surface area (Å²) in [5.74, 6) is 0.353. The first-order chi connectivity index (χ1) is 12.4. The third-order valence-electron chi connectivity index (χ3n) is 4.57. The van der Waals surface area contributed by atoms with E-state index in [0.29, 0.717) is 44.3 Å². The molecule has 0 saturated carbocycles. The summed E-state index contributed by atoms with van der Waals surface area (Å²) in [5, 5.41) is 5.94. The van der Waals surface area contributed by atoms with Crippen LogP contribution >= 0.6 is 12.4 Å². The molecule has 1 aliphatic heterocycles. The first kappa shape index (κ1) is 23.8. The molecule has 154 valence electrons. The Morgan fingerprint density at radius 1 is 1.15 bits per heavy atom. The lowest BCUT2D eigenvalue weighted by Gasteiger charge is -2.29. The fraction of sp³-hybridized carbons (Fsp3) is 0.611. The van der Waals surface area contributed by atoms with Crippen molar-refractivity contribution in [2.75, 3.05) is 46.4 Å². The van der Waals surface area contributed by atoms with Crippen LogP contribution in [0.4, 0.5) is 0 Å². The summed E-state index contributed by atoms with van der Waals surface area (Å²) < 4.78 is 31.8. The second-order valence-electron chi connectivity index (χ2n) is 6.61. The van der Waals surface area contributed by atoms with Crippen LogP contribution in [-0.4, -0.2) is 65.1 Å². The zero-order chi connectivity index (χ0) is 19.0. The number of piperidine rings is 1. The highest BCUT2D eigenvalue weighted by Gasteiger charge is 2.28. The Balaban J connectivity index is 0.00000364. The maximum Gasteiger partial charge on any atom is 0.251 e. The average molecular weight is 420 g/mol. The highest BCUT2D eigenvalue weighted by Crippen LogP contribution is 2.23. The van der Waals surface area contributed by atoms with Crippen molar-refractivity contribution < 1.29 is 17.9 Å². The van der Waals surface area contributed by atoms with E-state index >= 15 is 0 Å². The number of carbonyl (C=O) groups excluding carboxylic acids is 1. The molecule has 0 atom stereocenters. The Hall–Kier alpha value is -1.19. The number of benzene rings is 1. The summed E-state index contributed by atoms with van der Waals surface area (Å²) in [6.45, 7) is 5.76. The van der Waals surface area contributed by atoms with Crippen LogP contribution < -0.4 is 10.6 Å². The molecule has 2 rings (SSSR count). The van der Waals surface area contributed by atoms with Gasteiger partial charge in [0.2, 0.25) is 10.0 Å². The van der Waals surface area contributed by atoms with Gasteiger partial charge in [-0.25, -0.2) is 8.42 Å². The molecule has 1 fully saturated rings. The first-order valence-corrected chi connectivity index (χ1v) is 10.5. The lowest BCUT2D eigenvalue weighted by molar-refractivity contribution is 0.0953. The number of nitrogens with zero attached hydrogens (tertiary/aromatic N) is 1. The van der Waals surface area contributed by atoms with Crippen molar-refractivity contribution in [2.24, 2.45) is 5.92 Å². The van der Waals surface area contributed by atoms with E-state index in [1.807, 2.05) is 0 Å². The predicted octanol–water partition coefficient (Wildman–Crippen LogP) is 1.49. The molecule has 1 saturated heterocycles. The first-order valence-electron chi connectivity index (χ1n) is 9.03. The fourth-order valence-corrected chi connectivity index (χ4v) is 4.29. The summed E-state index contributed by atoms with van der Waals surface area (Å²) in [4.78, 5) is 12.3. The van der Waals surface area contributed by atoms with E-state index in [9.17, 15) is 13.2 Å². The Kier molecular flexibility index (Phi) is 10.3. The SMILES string of the molecule is COCCNCCNC(=O)c1ccc(S(=O)(=O)N2CCC(C)CC2)cc1.Cl. The number of sulfonamides is 1. The minimum absolute atomic E-state index is 0. The van der Waals surface area contributed by atoms with Gasteiger partial charge in [-0.3, -0.25) is 4.79 Å². The van der Waals surface area contributed by atoms with Crippen LogP contribution in [0.2, 0.25) is 0 Å². The van der Waals surface area contributed by atoms with Crippen LogP contribution in [-0.2, 0) is 14.8 Å². The van der Waals surface area contributed by atoms with Crippen LogP contribution in [0.25, 0.3) is 0 Å². The maximum absolute atomic E-state index is 12.7. The molecule has 1 amide bonds. The lowest BCUT2D eigenvalue weighted by atomic mass is 10.0. The fourth-order valence-electron chi connectivity index (χ4n) is 2.82. The Bertz CT molecular complexity index is 674. The van der Waals surface area contributed by atoms with Gasteiger partial charge in [0.25, 0.3) is 5.91 Å². The summed E-state index contributed by atoms with van der Waals surface area (Å²) in [5.41, 5.74) is 0.452. The normalized spacial score (nSPS) is 15.9. The molecule has 27 heavy (non-hydrogen) atoms. The number of ether oxygens (including phenoxy) is 1. The summed E-state index contributed by atoms with van der Waals surface area (Å²) in [6, 6.07) is 6.15. The van der Waals surface area contributed by atoms with Crippen LogP contribution in [0.15, 0.2) is 29.2 Å².